The van der Waals surface area contributed by atoms with Crippen LogP contribution in [-0.2, 0) is 4.74 Å². The smallest absolute Gasteiger partial charge is 0.217 e. The third-order valence-corrected chi connectivity index (χ3v) is 2.68. The first kappa shape index (κ1) is 10.3. The predicted molar refractivity (Wildman–Crippen MR) is 54.0 cm³/mol. The second-order valence-electron chi connectivity index (χ2n) is 4.16. The third kappa shape index (κ3) is 2.23. The Kier molecular flexibility index (Phi) is 2.56. The van der Waals surface area contributed by atoms with E-state index in [1.807, 2.05) is 13.8 Å². The molecule has 0 radical (unpaired) electrons. The van der Waals surface area contributed by atoms with E-state index in [0.717, 1.165) is 13.0 Å². The Morgan fingerprint density at radius 2 is 2.33 bits per heavy atom. The highest BCUT2D eigenvalue weighted by Gasteiger charge is 2.35. The third-order valence-electron chi connectivity index (χ3n) is 2.68. The average molecular weight is 211 g/mol. The van der Waals surface area contributed by atoms with Crippen LogP contribution in [0.1, 0.15) is 20.3 Å². The second kappa shape index (κ2) is 3.73. The maximum absolute atomic E-state index is 12.8. The minimum Gasteiger partial charge on any atom is -0.373 e. The summed E-state index contributed by atoms with van der Waals surface area (Å²) in [5, 5.41) is 3.16. The van der Waals surface area contributed by atoms with Crippen LogP contribution in [0.25, 0.3) is 0 Å². The van der Waals surface area contributed by atoms with Gasteiger partial charge in [-0.05, 0) is 20.3 Å². The summed E-state index contributed by atoms with van der Waals surface area (Å²) < 4.78 is 18.4. The molecule has 1 N–H and O–H groups in total. The lowest BCUT2D eigenvalue weighted by Gasteiger charge is -2.26. The Morgan fingerprint density at radius 3 is 2.93 bits per heavy atom. The molecule has 15 heavy (non-hydrogen) atoms. The van der Waals surface area contributed by atoms with Crippen LogP contribution in [0.4, 0.5) is 10.2 Å². The van der Waals surface area contributed by atoms with Crippen molar-refractivity contribution in [2.24, 2.45) is 0 Å². The number of nitrogens with zero attached hydrogens (tertiary/aromatic N) is 2. The first-order valence-corrected chi connectivity index (χ1v) is 4.96. The minimum atomic E-state index is -0.524. The van der Waals surface area contributed by atoms with Gasteiger partial charge >= 0.3 is 0 Å². The van der Waals surface area contributed by atoms with E-state index in [1.54, 1.807) is 0 Å². The predicted octanol–water partition coefficient (Wildman–Crippen LogP) is 1.60. The molecule has 0 spiro atoms. The Morgan fingerprint density at radius 1 is 1.53 bits per heavy atom. The normalized spacial score (nSPS) is 24.1. The second-order valence-corrected chi connectivity index (χ2v) is 4.16. The van der Waals surface area contributed by atoms with Gasteiger partial charge in [-0.15, -0.1) is 0 Å². The molecule has 1 aromatic rings. The number of ether oxygens (including phenoxy) is 1. The van der Waals surface area contributed by atoms with Gasteiger partial charge in [-0.1, -0.05) is 0 Å². The number of hydrogen-bond donors (Lipinski definition) is 1. The van der Waals surface area contributed by atoms with Crippen molar-refractivity contribution in [1.82, 2.24) is 9.97 Å². The zero-order valence-electron chi connectivity index (χ0n) is 8.83. The van der Waals surface area contributed by atoms with E-state index in [4.69, 9.17) is 4.74 Å². The quantitative estimate of drug-likeness (QED) is 0.755. The van der Waals surface area contributed by atoms with E-state index >= 15 is 0 Å². The zero-order chi connectivity index (χ0) is 10.9. The van der Waals surface area contributed by atoms with Crippen LogP contribution in [-0.4, -0.2) is 28.2 Å². The van der Waals surface area contributed by atoms with Crippen molar-refractivity contribution >= 4 is 5.82 Å². The lowest BCUT2D eigenvalue weighted by Crippen LogP contribution is -2.38. The summed E-state index contributed by atoms with van der Waals surface area (Å²) in [6.07, 6.45) is 2.11. The topological polar surface area (TPSA) is 47.0 Å². The van der Waals surface area contributed by atoms with Gasteiger partial charge in [-0.2, -0.15) is 4.39 Å². The average Bonchev–Trinajstić information content (AvgIpc) is 2.46. The Balaban J connectivity index is 2.09. The Hall–Kier alpha value is -1.23. The van der Waals surface area contributed by atoms with E-state index in [2.05, 4.69) is 15.3 Å². The molecule has 1 aromatic heterocycles. The van der Waals surface area contributed by atoms with Crippen molar-refractivity contribution in [2.45, 2.75) is 31.9 Å². The molecule has 0 saturated carbocycles. The Bertz CT molecular complexity index is 356. The summed E-state index contributed by atoms with van der Waals surface area (Å²) >= 11 is 0. The van der Waals surface area contributed by atoms with Gasteiger partial charge in [0.15, 0.2) is 0 Å². The van der Waals surface area contributed by atoms with Crippen molar-refractivity contribution in [3.63, 3.8) is 0 Å². The van der Waals surface area contributed by atoms with Gasteiger partial charge in [0, 0.05) is 12.7 Å². The lowest BCUT2D eigenvalue weighted by molar-refractivity contribution is 0.0314. The fraction of sp³-hybridized carbons (Fsp3) is 0.600. The molecule has 0 aromatic carbocycles. The Labute approximate surface area is 87.9 Å². The molecule has 0 bridgehead atoms. The maximum atomic E-state index is 12.8. The number of aromatic nitrogens is 2. The van der Waals surface area contributed by atoms with Crippen LogP contribution in [0.2, 0.25) is 0 Å². The van der Waals surface area contributed by atoms with Crippen molar-refractivity contribution in [3.05, 3.63) is 18.3 Å². The molecule has 2 heterocycles. The first-order chi connectivity index (χ1) is 7.08. The van der Waals surface area contributed by atoms with E-state index in [9.17, 15) is 4.39 Å². The number of rotatable bonds is 2. The standard InChI is InChI=1S/C10H14FN3O/c1-10(2)7(3-4-15-10)14-9-5-8(11)12-6-13-9/h5-7H,3-4H2,1-2H3,(H,12,13,14). The highest BCUT2D eigenvalue weighted by atomic mass is 19.1. The van der Waals surface area contributed by atoms with Crippen LogP contribution >= 0.6 is 0 Å². The molecule has 1 aliphatic rings. The van der Waals surface area contributed by atoms with E-state index in [0.29, 0.717) is 5.82 Å². The first-order valence-electron chi connectivity index (χ1n) is 4.96. The highest BCUT2D eigenvalue weighted by Crippen LogP contribution is 2.27. The molecular formula is C10H14FN3O. The van der Waals surface area contributed by atoms with Crippen molar-refractivity contribution in [2.75, 3.05) is 11.9 Å². The number of hydrogen-bond acceptors (Lipinski definition) is 4. The van der Waals surface area contributed by atoms with E-state index in [1.165, 1.54) is 12.4 Å². The molecule has 0 amide bonds. The van der Waals surface area contributed by atoms with Gasteiger partial charge in [-0.25, -0.2) is 9.97 Å². The fourth-order valence-corrected chi connectivity index (χ4v) is 1.73. The van der Waals surface area contributed by atoms with Gasteiger partial charge in [0.1, 0.15) is 12.1 Å². The summed E-state index contributed by atoms with van der Waals surface area (Å²) in [5.41, 5.74) is -0.235. The molecule has 5 heteroatoms. The van der Waals surface area contributed by atoms with Crippen molar-refractivity contribution in [3.8, 4) is 0 Å². The van der Waals surface area contributed by atoms with Gasteiger partial charge in [0.25, 0.3) is 0 Å². The largest absolute Gasteiger partial charge is 0.373 e. The molecular weight excluding hydrogens is 197 g/mol. The minimum absolute atomic E-state index is 0.159. The van der Waals surface area contributed by atoms with E-state index in [-0.39, 0.29) is 11.6 Å². The van der Waals surface area contributed by atoms with Gasteiger partial charge in [0.05, 0.1) is 11.6 Å². The van der Waals surface area contributed by atoms with Crippen molar-refractivity contribution in [1.29, 1.82) is 0 Å². The van der Waals surface area contributed by atoms with Crippen LogP contribution < -0.4 is 5.32 Å². The molecule has 1 atom stereocenters. The number of anilines is 1. The summed E-state index contributed by atoms with van der Waals surface area (Å²) in [5.74, 6) is -0.0182. The van der Waals surface area contributed by atoms with Crippen LogP contribution in [0.3, 0.4) is 0 Å². The number of nitrogens with one attached hydrogen (secondary N) is 1. The molecule has 4 nitrogen and oxygen atoms in total. The van der Waals surface area contributed by atoms with Crippen LogP contribution in [0, 0.1) is 5.95 Å². The molecule has 1 saturated heterocycles. The molecule has 1 fully saturated rings. The lowest BCUT2D eigenvalue weighted by atomic mass is 9.99. The van der Waals surface area contributed by atoms with Crippen molar-refractivity contribution < 1.29 is 9.13 Å². The zero-order valence-corrected chi connectivity index (χ0v) is 8.83. The molecule has 1 unspecified atom stereocenters. The molecule has 2 rings (SSSR count). The summed E-state index contributed by atoms with van der Waals surface area (Å²) in [6.45, 7) is 4.74. The number of halogens is 1. The van der Waals surface area contributed by atoms with Crippen LogP contribution in [0.5, 0.6) is 0 Å². The van der Waals surface area contributed by atoms with Crippen LogP contribution in [0.15, 0.2) is 12.4 Å². The van der Waals surface area contributed by atoms with Gasteiger partial charge in [0.2, 0.25) is 5.95 Å². The van der Waals surface area contributed by atoms with Gasteiger partial charge < -0.3 is 10.1 Å². The summed E-state index contributed by atoms with van der Waals surface area (Å²) in [4.78, 5) is 7.35. The molecule has 0 aliphatic carbocycles. The molecule has 82 valence electrons. The summed E-state index contributed by atoms with van der Waals surface area (Å²) in [6, 6.07) is 1.45. The van der Waals surface area contributed by atoms with E-state index < -0.39 is 5.95 Å². The molecule has 1 aliphatic heterocycles. The SMILES string of the molecule is CC1(C)OCCC1Nc1cc(F)ncn1. The monoisotopic (exact) mass is 211 g/mol. The summed E-state index contributed by atoms with van der Waals surface area (Å²) in [7, 11) is 0. The highest BCUT2D eigenvalue weighted by molar-refractivity contribution is 5.35. The van der Waals surface area contributed by atoms with Gasteiger partial charge in [-0.3, -0.25) is 0 Å². The fourth-order valence-electron chi connectivity index (χ4n) is 1.73. The maximum Gasteiger partial charge on any atom is 0.217 e.